The van der Waals surface area contributed by atoms with Crippen LogP contribution in [0, 0.1) is 0 Å². The van der Waals surface area contributed by atoms with Crippen molar-refractivity contribution in [3.8, 4) is 0 Å². The highest BCUT2D eigenvalue weighted by atomic mass is 32.2. The molecule has 0 saturated carbocycles. The number of benzene rings is 2. The Morgan fingerprint density at radius 3 is 2.29 bits per heavy atom. The van der Waals surface area contributed by atoms with Crippen LogP contribution in [0.25, 0.3) is 6.08 Å². The Balaban J connectivity index is 1.32. The Hall–Kier alpha value is -2.90. The van der Waals surface area contributed by atoms with Gasteiger partial charge in [0.1, 0.15) is 10.9 Å². The Kier molecular flexibility index (Phi) is 6.84. The fraction of sp³-hybridized carbons (Fsp3) is 0.208. The van der Waals surface area contributed by atoms with Crippen molar-refractivity contribution in [1.82, 2.24) is 9.80 Å². The zero-order valence-corrected chi connectivity index (χ0v) is 18.6. The molecule has 2 aromatic rings. The van der Waals surface area contributed by atoms with Gasteiger partial charge in [-0.3, -0.25) is 14.5 Å². The fourth-order valence-corrected chi connectivity index (χ4v) is 4.76. The molecule has 0 radical (unpaired) electrons. The van der Waals surface area contributed by atoms with Crippen molar-refractivity contribution in [3.05, 3.63) is 83.3 Å². The molecule has 31 heavy (non-hydrogen) atoms. The molecule has 0 aromatic heterocycles. The summed E-state index contributed by atoms with van der Waals surface area (Å²) in [5, 5.41) is 0. The molecule has 2 amide bonds. The average molecular weight is 450 g/mol. The molecule has 158 valence electrons. The topological polar surface area (TPSA) is 43.9 Å². The second kappa shape index (κ2) is 9.94. The molecule has 0 unspecified atom stereocenters. The van der Waals surface area contributed by atoms with Gasteiger partial charge < -0.3 is 9.80 Å². The molecule has 2 aliphatic heterocycles. The summed E-state index contributed by atoms with van der Waals surface area (Å²) in [6.07, 6.45) is 5.53. The number of allylic oxidation sites excluding steroid dienone is 2. The lowest BCUT2D eigenvalue weighted by atomic mass is 10.2. The van der Waals surface area contributed by atoms with Gasteiger partial charge in [0.05, 0.1) is 4.91 Å². The van der Waals surface area contributed by atoms with E-state index in [1.165, 1.54) is 22.3 Å². The van der Waals surface area contributed by atoms with E-state index in [0.717, 1.165) is 18.7 Å². The molecule has 0 atom stereocenters. The van der Waals surface area contributed by atoms with E-state index in [-0.39, 0.29) is 18.4 Å². The van der Waals surface area contributed by atoms with Gasteiger partial charge in [0.2, 0.25) is 5.91 Å². The van der Waals surface area contributed by atoms with E-state index in [0.29, 0.717) is 22.3 Å². The van der Waals surface area contributed by atoms with Crippen LogP contribution < -0.4 is 4.90 Å². The number of hydrogen-bond acceptors (Lipinski definition) is 5. The summed E-state index contributed by atoms with van der Waals surface area (Å²) in [6.45, 7) is 2.82. The zero-order chi connectivity index (χ0) is 21.6. The van der Waals surface area contributed by atoms with E-state index >= 15 is 0 Å². The maximum Gasteiger partial charge on any atom is 0.266 e. The molecule has 0 N–H and O–H groups in total. The zero-order valence-electron chi connectivity index (χ0n) is 17.0. The smallest absolute Gasteiger partial charge is 0.266 e. The van der Waals surface area contributed by atoms with Crippen LogP contribution in [-0.2, 0) is 9.59 Å². The summed E-state index contributed by atoms with van der Waals surface area (Å²) >= 11 is 6.61. The summed E-state index contributed by atoms with van der Waals surface area (Å²) in [5.41, 5.74) is 2.22. The van der Waals surface area contributed by atoms with Crippen molar-refractivity contribution in [2.75, 3.05) is 37.6 Å². The maximum atomic E-state index is 12.8. The van der Waals surface area contributed by atoms with Crippen LogP contribution in [0.5, 0.6) is 0 Å². The molecular formula is C24H23N3O2S2. The molecule has 5 nitrogen and oxygen atoms in total. The third kappa shape index (κ3) is 5.24. The molecular weight excluding hydrogens is 426 g/mol. The minimum atomic E-state index is -0.205. The van der Waals surface area contributed by atoms with E-state index in [2.05, 4.69) is 17.0 Å². The third-order valence-electron chi connectivity index (χ3n) is 5.26. The summed E-state index contributed by atoms with van der Waals surface area (Å²) in [5.74, 6) is -0.269. The van der Waals surface area contributed by atoms with Gasteiger partial charge in [-0.25, -0.2) is 0 Å². The molecule has 2 aromatic carbocycles. The fourth-order valence-electron chi connectivity index (χ4n) is 3.55. The Bertz CT molecular complexity index is 1010. The van der Waals surface area contributed by atoms with Crippen LogP contribution in [0.1, 0.15) is 5.56 Å². The number of amides is 2. The third-order valence-corrected chi connectivity index (χ3v) is 6.65. The largest absolute Gasteiger partial charge is 0.368 e. The molecule has 2 aliphatic rings. The number of carbonyl (C=O) groups excluding carboxylic acids is 2. The minimum Gasteiger partial charge on any atom is -0.368 e. The van der Waals surface area contributed by atoms with Crippen LogP contribution in [0.4, 0.5) is 5.69 Å². The lowest BCUT2D eigenvalue weighted by Gasteiger charge is -2.36. The van der Waals surface area contributed by atoms with Gasteiger partial charge in [-0.2, -0.15) is 0 Å². The highest BCUT2D eigenvalue weighted by Gasteiger charge is 2.34. The van der Waals surface area contributed by atoms with Gasteiger partial charge in [0, 0.05) is 31.9 Å². The minimum absolute atomic E-state index is 0.00422. The number of piperazine rings is 1. The average Bonchev–Trinajstić information content (AvgIpc) is 3.08. The van der Waals surface area contributed by atoms with E-state index < -0.39 is 0 Å². The van der Waals surface area contributed by atoms with E-state index in [1.807, 2.05) is 65.6 Å². The maximum absolute atomic E-state index is 12.8. The number of nitrogens with zero attached hydrogens (tertiary/aromatic N) is 3. The van der Waals surface area contributed by atoms with E-state index in [4.69, 9.17) is 12.2 Å². The first-order chi connectivity index (χ1) is 15.1. The summed E-state index contributed by atoms with van der Waals surface area (Å²) in [7, 11) is 0. The molecule has 4 rings (SSSR count). The first-order valence-electron chi connectivity index (χ1n) is 10.2. The van der Waals surface area contributed by atoms with Crippen molar-refractivity contribution in [2.24, 2.45) is 0 Å². The quantitative estimate of drug-likeness (QED) is 0.513. The molecule has 7 heteroatoms. The SMILES string of the molecule is O=C(CN1C(=O)/C(=C\C=C\c2ccccc2)SC1=S)N1CCN(c2ccccc2)CC1. The first-order valence-corrected chi connectivity index (χ1v) is 11.4. The number of anilines is 1. The molecule has 0 aliphatic carbocycles. The Morgan fingerprint density at radius 1 is 0.968 bits per heavy atom. The lowest BCUT2D eigenvalue weighted by molar-refractivity contribution is -0.135. The number of thiocarbonyl (C=S) groups is 1. The highest BCUT2D eigenvalue weighted by Crippen LogP contribution is 2.31. The summed E-state index contributed by atoms with van der Waals surface area (Å²) in [6, 6.07) is 20.1. The van der Waals surface area contributed by atoms with Crippen molar-refractivity contribution in [2.45, 2.75) is 0 Å². The number of thioether (sulfide) groups is 1. The van der Waals surface area contributed by atoms with Gasteiger partial charge in [0.15, 0.2) is 0 Å². The van der Waals surface area contributed by atoms with Crippen LogP contribution >= 0.6 is 24.0 Å². The second-order valence-electron chi connectivity index (χ2n) is 7.26. The molecule has 0 bridgehead atoms. The molecule has 2 saturated heterocycles. The van der Waals surface area contributed by atoms with Gasteiger partial charge in [-0.05, 0) is 23.8 Å². The van der Waals surface area contributed by atoms with Crippen LogP contribution in [0.2, 0.25) is 0 Å². The van der Waals surface area contributed by atoms with E-state index in [9.17, 15) is 9.59 Å². The van der Waals surface area contributed by atoms with Gasteiger partial charge in [0.25, 0.3) is 5.91 Å². The van der Waals surface area contributed by atoms with Crippen molar-refractivity contribution in [3.63, 3.8) is 0 Å². The first kappa shape index (κ1) is 21.3. The molecule has 2 fully saturated rings. The number of hydrogen-bond donors (Lipinski definition) is 0. The van der Waals surface area contributed by atoms with Crippen molar-refractivity contribution >= 4 is 51.9 Å². The number of para-hydroxylation sites is 1. The lowest BCUT2D eigenvalue weighted by Crippen LogP contribution is -2.51. The molecule has 0 spiro atoms. The van der Waals surface area contributed by atoms with Crippen LogP contribution in [0.3, 0.4) is 0 Å². The van der Waals surface area contributed by atoms with Crippen molar-refractivity contribution < 1.29 is 9.59 Å². The van der Waals surface area contributed by atoms with Crippen LogP contribution in [0.15, 0.2) is 77.7 Å². The predicted molar refractivity (Wildman–Crippen MR) is 131 cm³/mol. The van der Waals surface area contributed by atoms with Gasteiger partial charge in [-0.15, -0.1) is 0 Å². The number of rotatable bonds is 5. The summed E-state index contributed by atoms with van der Waals surface area (Å²) < 4.78 is 0.431. The summed E-state index contributed by atoms with van der Waals surface area (Å²) in [4.78, 5) is 31.6. The van der Waals surface area contributed by atoms with E-state index in [1.54, 1.807) is 6.08 Å². The number of carbonyl (C=O) groups is 2. The Morgan fingerprint density at radius 2 is 1.61 bits per heavy atom. The highest BCUT2D eigenvalue weighted by molar-refractivity contribution is 8.26. The van der Waals surface area contributed by atoms with Gasteiger partial charge >= 0.3 is 0 Å². The standard InChI is InChI=1S/C24H23N3O2S2/c28-22(26-16-14-25(15-17-26)20-11-5-2-6-12-20)18-27-23(29)21(31-24(27)30)13-7-10-19-8-3-1-4-9-19/h1-13H,14-18H2/b10-7+,21-13+. The predicted octanol–water partition coefficient (Wildman–Crippen LogP) is 3.79. The van der Waals surface area contributed by atoms with Crippen LogP contribution in [-0.4, -0.2) is 58.7 Å². The normalized spacial score (nSPS) is 18.5. The van der Waals surface area contributed by atoms with Gasteiger partial charge in [-0.1, -0.05) is 84.7 Å². The molecule has 2 heterocycles. The van der Waals surface area contributed by atoms with Crippen molar-refractivity contribution in [1.29, 1.82) is 0 Å². The Labute approximate surface area is 192 Å². The monoisotopic (exact) mass is 449 g/mol. The second-order valence-corrected chi connectivity index (χ2v) is 8.94.